The van der Waals surface area contributed by atoms with Gasteiger partial charge in [0, 0.05) is 0 Å². The minimum absolute atomic E-state index is 0.0271. The van der Waals surface area contributed by atoms with Crippen molar-refractivity contribution in [1.82, 2.24) is 10.3 Å². The number of imide groups is 1. The second-order valence-corrected chi connectivity index (χ2v) is 5.90. The number of hydrogen-bond acceptors (Lipinski definition) is 3. The molecule has 0 aromatic carbocycles. The van der Waals surface area contributed by atoms with Crippen LogP contribution < -0.4 is 5.32 Å². The summed E-state index contributed by atoms with van der Waals surface area (Å²) in [5.41, 5.74) is 1.55. The van der Waals surface area contributed by atoms with E-state index in [1.54, 1.807) is 6.21 Å². The van der Waals surface area contributed by atoms with Crippen LogP contribution in [0.1, 0.15) is 26.7 Å². The van der Waals surface area contributed by atoms with E-state index in [0.717, 1.165) is 12.3 Å². The predicted octanol–water partition coefficient (Wildman–Crippen LogP) is 1.52. The normalized spacial score (nSPS) is 33.4. The van der Waals surface area contributed by atoms with Gasteiger partial charge in [-0.2, -0.15) is 5.10 Å². The molecule has 0 aromatic heterocycles. The topological polar surface area (TPSA) is 61.8 Å². The Morgan fingerprint density at radius 2 is 2.28 bits per heavy atom. The van der Waals surface area contributed by atoms with Gasteiger partial charge in [0.25, 0.3) is 0 Å². The van der Waals surface area contributed by atoms with E-state index in [4.69, 9.17) is 0 Å². The molecule has 5 nitrogen and oxygen atoms in total. The summed E-state index contributed by atoms with van der Waals surface area (Å²) in [5, 5.41) is 7.51. The number of nitrogens with zero attached hydrogens (tertiary/aromatic N) is 2. The van der Waals surface area contributed by atoms with Crippen LogP contribution in [-0.4, -0.2) is 29.7 Å². The molecular formula is C13H17N3O2. The van der Waals surface area contributed by atoms with E-state index < -0.39 is 6.03 Å². The van der Waals surface area contributed by atoms with Crippen molar-refractivity contribution in [3.05, 3.63) is 11.6 Å². The number of carbonyl (C=O) groups excluding carboxylic acids is 2. The number of urea groups is 1. The lowest BCUT2D eigenvalue weighted by molar-refractivity contribution is -0.118. The fourth-order valence-corrected chi connectivity index (χ4v) is 3.21. The highest BCUT2D eigenvalue weighted by Crippen LogP contribution is 2.58. The Kier molecular flexibility index (Phi) is 2.33. The maximum absolute atomic E-state index is 11.3. The third-order valence-electron chi connectivity index (χ3n) is 4.63. The van der Waals surface area contributed by atoms with Crippen molar-refractivity contribution < 1.29 is 9.59 Å². The van der Waals surface area contributed by atoms with E-state index in [1.165, 1.54) is 17.0 Å². The third-order valence-corrected chi connectivity index (χ3v) is 4.63. The van der Waals surface area contributed by atoms with Crippen molar-refractivity contribution in [3.63, 3.8) is 0 Å². The highest BCUT2D eigenvalue weighted by Gasteiger charge is 2.50. The Bertz CT molecular complexity index is 479. The molecule has 2 unspecified atom stereocenters. The molecule has 1 saturated carbocycles. The first-order chi connectivity index (χ1) is 8.48. The number of carbonyl (C=O) groups is 2. The fraction of sp³-hybridized carbons (Fsp3) is 0.615. The zero-order chi connectivity index (χ0) is 12.9. The summed E-state index contributed by atoms with van der Waals surface area (Å²) in [6.45, 7) is 4.61. The Labute approximate surface area is 106 Å². The van der Waals surface area contributed by atoms with Gasteiger partial charge < -0.3 is 0 Å². The SMILES string of the molecule is CC1(C)C2CC=C(C=NN3CC(=O)NC3=O)C1C2. The first-order valence-corrected chi connectivity index (χ1v) is 6.34. The molecule has 4 rings (SSSR count). The molecular weight excluding hydrogens is 230 g/mol. The smallest absolute Gasteiger partial charge is 0.275 e. The van der Waals surface area contributed by atoms with Crippen molar-refractivity contribution in [2.24, 2.45) is 22.4 Å². The zero-order valence-corrected chi connectivity index (χ0v) is 10.6. The summed E-state index contributed by atoms with van der Waals surface area (Å²) in [6, 6.07) is -0.432. The van der Waals surface area contributed by atoms with Crippen LogP contribution in [0.3, 0.4) is 0 Å². The molecule has 4 aliphatic rings. The van der Waals surface area contributed by atoms with Crippen LogP contribution in [0, 0.1) is 17.3 Å². The van der Waals surface area contributed by atoms with Gasteiger partial charge in [-0.1, -0.05) is 19.9 Å². The van der Waals surface area contributed by atoms with E-state index in [2.05, 4.69) is 30.3 Å². The summed E-state index contributed by atoms with van der Waals surface area (Å²) in [5.74, 6) is 1.04. The van der Waals surface area contributed by atoms with Crippen LogP contribution in [0.2, 0.25) is 0 Å². The molecule has 2 bridgehead atoms. The summed E-state index contributed by atoms with van der Waals surface area (Å²) >= 11 is 0. The average molecular weight is 247 g/mol. The molecule has 5 heteroatoms. The average Bonchev–Trinajstić information content (AvgIpc) is 2.65. The Morgan fingerprint density at radius 1 is 1.50 bits per heavy atom. The Morgan fingerprint density at radius 3 is 2.83 bits per heavy atom. The number of fused-ring (bicyclic) bond motifs is 1. The lowest BCUT2D eigenvalue weighted by Crippen LogP contribution is -2.48. The van der Waals surface area contributed by atoms with Gasteiger partial charge in [0.15, 0.2) is 0 Å². The molecule has 3 aliphatic carbocycles. The number of amides is 3. The number of hydrogen-bond donors (Lipinski definition) is 1. The van der Waals surface area contributed by atoms with Crippen molar-refractivity contribution in [1.29, 1.82) is 0 Å². The van der Waals surface area contributed by atoms with Gasteiger partial charge in [0.1, 0.15) is 6.54 Å². The molecule has 0 spiro atoms. The molecule has 0 aromatic rings. The molecule has 3 amide bonds. The first-order valence-electron chi connectivity index (χ1n) is 6.34. The fourth-order valence-electron chi connectivity index (χ4n) is 3.21. The van der Waals surface area contributed by atoms with E-state index in [1.807, 2.05) is 0 Å². The maximum Gasteiger partial charge on any atom is 0.344 e. The van der Waals surface area contributed by atoms with Crippen LogP contribution in [0.15, 0.2) is 16.8 Å². The molecule has 2 fully saturated rings. The highest BCUT2D eigenvalue weighted by molar-refractivity contribution is 6.02. The first kappa shape index (κ1) is 11.4. The number of hydrazone groups is 1. The minimum atomic E-state index is -0.432. The van der Waals surface area contributed by atoms with Crippen molar-refractivity contribution >= 4 is 18.2 Å². The number of rotatable bonds is 2. The van der Waals surface area contributed by atoms with Crippen molar-refractivity contribution in [2.75, 3.05) is 6.54 Å². The molecule has 1 aliphatic heterocycles. The van der Waals surface area contributed by atoms with Gasteiger partial charge in [-0.05, 0) is 35.7 Å². The lowest BCUT2D eigenvalue weighted by Gasteiger charge is -2.55. The number of nitrogens with one attached hydrogen (secondary N) is 1. The van der Waals surface area contributed by atoms with Crippen molar-refractivity contribution in [2.45, 2.75) is 26.7 Å². The lowest BCUT2D eigenvalue weighted by atomic mass is 9.49. The largest absolute Gasteiger partial charge is 0.344 e. The van der Waals surface area contributed by atoms with Gasteiger partial charge in [0.2, 0.25) is 5.91 Å². The van der Waals surface area contributed by atoms with Gasteiger partial charge in [-0.15, -0.1) is 0 Å². The Hall–Kier alpha value is -1.65. The van der Waals surface area contributed by atoms with Crippen LogP contribution in [-0.2, 0) is 4.79 Å². The zero-order valence-electron chi connectivity index (χ0n) is 10.6. The number of allylic oxidation sites excluding steroid dienone is 2. The standard InChI is InChI=1S/C13H17N3O2/c1-13(2)9-4-3-8(10(13)5-9)6-14-16-7-11(17)15-12(16)18/h3,6,9-10H,4-5,7H2,1-2H3,(H,15,17,18). The van der Waals surface area contributed by atoms with Gasteiger partial charge in [-0.25, -0.2) is 9.80 Å². The Balaban J connectivity index is 1.72. The van der Waals surface area contributed by atoms with E-state index >= 15 is 0 Å². The molecule has 0 radical (unpaired) electrons. The monoisotopic (exact) mass is 247 g/mol. The molecule has 1 saturated heterocycles. The summed E-state index contributed by atoms with van der Waals surface area (Å²) < 4.78 is 0. The van der Waals surface area contributed by atoms with E-state index in [-0.39, 0.29) is 12.5 Å². The van der Waals surface area contributed by atoms with E-state index in [9.17, 15) is 9.59 Å². The van der Waals surface area contributed by atoms with Gasteiger partial charge in [-0.3, -0.25) is 10.1 Å². The summed E-state index contributed by atoms with van der Waals surface area (Å²) in [6.07, 6.45) is 6.27. The van der Waals surface area contributed by atoms with Crippen molar-refractivity contribution in [3.8, 4) is 0 Å². The van der Waals surface area contributed by atoms with Crippen LogP contribution >= 0.6 is 0 Å². The maximum atomic E-state index is 11.3. The third kappa shape index (κ3) is 1.57. The summed E-state index contributed by atoms with van der Waals surface area (Å²) in [7, 11) is 0. The quantitative estimate of drug-likeness (QED) is 0.594. The predicted molar refractivity (Wildman–Crippen MR) is 66.8 cm³/mol. The van der Waals surface area contributed by atoms with Gasteiger partial charge in [0.05, 0.1) is 6.21 Å². The molecule has 2 atom stereocenters. The molecule has 96 valence electrons. The second kappa shape index (κ2) is 3.67. The van der Waals surface area contributed by atoms with Crippen LogP contribution in [0.5, 0.6) is 0 Å². The van der Waals surface area contributed by atoms with Crippen LogP contribution in [0.4, 0.5) is 4.79 Å². The molecule has 1 N–H and O–H groups in total. The minimum Gasteiger partial charge on any atom is -0.275 e. The molecule has 1 heterocycles. The second-order valence-electron chi connectivity index (χ2n) is 5.90. The highest BCUT2D eigenvalue weighted by atomic mass is 16.2. The summed E-state index contributed by atoms with van der Waals surface area (Å²) in [4.78, 5) is 22.4. The molecule has 18 heavy (non-hydrogen) atoms. The van der Waals surface area contributed by atoms with Gasteiger partial charge >= 0.3 is 6.03 Å². The van der Waals surface area contributed by atoms with Crippen LogP contribution in [0.25, 0.3) is 0 Å². The van der Waals surface area contributed by atoms with E-state index in [0.29, 0.717) is 11.3 Å².